The van der Waals surface area contributed by atoms with E-state index in [4.69, 9.17) is 18.0 Å². The normalized spacial score (nSPS) is 30.4. The number of hydrogen-bond donors (Lipinski definition) is 0. The first-order chi connectivity index (χ1) is 9.76. The number of benzene rings is 1. The number of nitrogens with zero attached hydrogens (tertiary/aromatic N) is 1. The summed E-state index contributed by atoms with van der Waals surface area (Å²) in [6, 6.07) is 7.96. The second kappa shape index (κ2) is 6.71. The highest BCUT2D eigenvalue weighted by Gasteiger charge is 2.45. The molecule has 0 aromatic heterocycles. The molecule has 0 spiro atoms. The van der Waals surface area contributed by atoms with Crippen LogP contribution in [0.3, 0.4) is 0 Å². The summed E-state index contributed by atoms with van der Waals surface area (Å²) in [5.41, 5.74) is 0. The van der Waals surface area contributed by atoms with E-state index in [0.717, 1.165) is 25.4 Å². The van der Waals surface area contributed by atoms with E-state index in [2.05, 4.69) is 27.5 Å². The molecule has 4 rings (SSSR count). The topological polar surface area (TPSA) is 40.2 Å². The lowest BCUT2D eigenvalue weighted by Gasteiger charge is -2.37. The molecule has 2 bridgehead atoms. The number of fused-ring (bicyclic) bond motifs is 6. The van der Waals surface area contributed by atoms with Crippen LogP contribution in [0.15, 0.2) is 24.3 Å². The molecular weight excluding hydrogens is 389 g/mol. The van der Waals surface area contributed by atoms with Crippen molar-refractivity contribution in [3.63, 3.8) is 0 Å². The lowest BCUT2D eigenvalue weighted by molar-refractivity contribution is -0.0175. The van der Waals surface area contributed by atoms with E-state index >= 15 is 0 Å². The zero-order valence-corrected chi connectivity index (χ0v) is 14.4. The maximum Gasteiger partial charge on any atom is 0.540 e. The van der Waals surface area contributed by atoms with Gasteiger partial charge in [-0.2, -0.15) is 0 Å². The third-order valence-electron chi connectivity index (χ3n) is 3.42. The second-order valence-corrected chi connectivity index (χ2v) is 8.58. The SMILES string of the molecule is Ic1ccc(OC[Si]23OCCN(CCO2)CCO3)cc1. The van der Waals surface area contributed by atoms with Gasteiger partial charge in [0.2, 0.25) is 0 Å². The summed E-state index contributed by atoms with van der Waals surface area (Å²) >= 11 is 2.27. The molecule has 1 aromatic rings. The standard InChI is InChI=1S/C13H18INO4Si/c14-12-1-3-13(4-2-12)16-11-20-17-8-5-15(6-9-18-20)7-10-19-20/h1-4H,5-11H2. The molecule has 110 valence electrons. The first-order valence-electron chi connectivity index (χ1n) is 6.78. The Labute approximate surface area is 133 Å². The van der Waals surface area contributed by atoms with Gasteiger partial charge in [0.05, 0.1) is 19.8 Å². The fourth-order valence-electron chi connectivity index (χ4n) is 2.28. The van der Waals surface area contributed by atoms with Crippen molar-refractivity contribution in [3.05, 3.63) is 27.8 Å². The molecule has 0 unspecified atom stereocenters. The Morgan fingerprint density at radius 3 is 2.10 bits per heavy atom. The van der Waals surface area contributed by atoms with Crippen LogP contribution in [0.4, 0.5) is 0 Å². The highest BCUT2D eigenvalue weighted by Crippen LogP contribution is 2.19. The van der Waals surface area contributed by atoms with Crippen molar-refractivity contribution in [2.24, 2.45) is 0 Å². The van der Waals surface area contributed by atoms with Crippen LogP contribution in [0.25, 0.3) is 0 Å². The molecule has 1 aromatic carbocycles. The third kappa shape index (κ3) is 3.71. The first kappa shape index (κ1) is 14.7. The molecule has 3 saturated heterocycles. The van der Waals surface area contributed by atoms with E-state index in [1.807, 2.05) is 24.3 Å². The number of rotatable bonds is 3. The van der Waals surface area contributed by atoms with Crippen molar-refractivity contribution >= 4 is 31.4 Å². The maximum atomic E-state index is 5.91. The molecule has 7 heteroatoms. The summed E-state index contributed by atoms with van der Waals surface area (Å²) in [6.45, 7) is 4.81. The fraction of sp³-hybridized carbons (Fsp3) is 0.538. The van der Waals surface area contributed by atoms with Crippen molar-refractivity contribution in [1.82, 2.24) is 4.90 Å². The largest absolute Gasteiger partial charge is 0.540 e. The van der Waals surface area contributed by atoms with Gasteiger partial charge in [-0.15, -0.1) is 0 Å². The second-order valence-electron chi connectivity index (χ2n) is 4.81. The lowest BCUT2D eigenvalue weighted by atomic mass is 10.3. The van der Waals surface area contributed by atoms with Crippen LogP contribution in [0.1, 0.15) is 0 Å². The monoisotopic (exact) mass is 407 g/mol. The highest BCUT2D eigenvalue weighted by atomic mass is 127. The Kier molecular flexibility index (Phi) is 4.94. The van der Waals surface area contributed by atoms with Gasteiger partial charge in [0.25, 0.3) is 0 Å². The van der Waals surface area contributed by atoms with Gasteiger partial charge in [0.1, 0.15) is 5.75 Å². The van der Waals surface area contributed by atoms with E-state index in [0.29, 0.717) is 26.1 Å². The fourth-order valence-corrected chi connectivity index (χ4v) is 4.69. The van der Waals surface area contributed by atoms with Gasteiger partial charge in [-0.25, -0.2) is 0 Å². The number of ether oxygens (including phenoxy) is 1. The molecule has 3 fully saturated rings. The van der Waals surface area contributed by atoms with Crippen LogP contribution < -0.4 is 4.74 Å². The zero-order valence-electron chi connectivity index (χ0n) is 11.2. The van der Waals surface area contributed by atoms with E-state index in [9.17, 15) is 0 Å². The van der Waals surface area contributed by atoms with Gasteiger partial charge >= 0.3 is 8.80 Å². The summed E-state index contributed by atoms with van der Waals surface area (Å²) in [6.07, 6.45) is 0.383. The minimum absolute atomic E-state index is 0.383. The van der Waals surface area contributed by atoms with Gasteiger partial charge < -0.3 is 18.0 Å². The average Bonchev–Trinajstić information content (AvgIpc) is 2.38. The maximum absolute atomic E-state index is 5.91. The first-order valence-corrected chi connectivity index (χ1v) is 9.79. The van der Waals surface area contributed by atoms with Gasteiger partial charge in [-0.3, -0.25) is 4.90 Å². The smallest absolute Gasteiger partial charge is 0.489 e. The summed E-state index contributed by atoms with van der Waals surface area (Å²) in [7, 11) is -2.67. The Morgan fingerprint density at radius 1 is 1.00 bits per heavy atom. The van der Waals surface area contributed by atoms with E-state index < -0.39 is 8.80 Å². The summed E-state index contributed by atoms with van der Waals surface area (Å²) < 4.78 is 24.8. The van der Waals surface area contributed by atoms with Crippen molar-refractivity contribution in [2.75, 3.05) is 45.7 Å². The Balaban J connectivity index is 1.65. The van der Waals surface area contributed by atoms with Crippen LogP contribution in [0.5, 0.6) is 5.75 Å². The predicted octanol–water partition coefficient (Wildman–Crippen LogP) is 1.53. The van der Waals surface area contributed by atoms with Crippen LogP contribution in [-0.4, -0.2) is 59.4 Å². The molecule has 0 amide bonds. The Hall–Kier alpha value is -0.193. The van der Waals surface area contributed by atoms with Crippen molar-refractivity contribution in [1.29, 1.82) is 0 Å². The molecule has 20 heavy (non-hydrogen) atoms. The van der Waals surface area contributed by atoms with Crippen molar-refractivity contribution in [2.45, 2.75) is 0 Å². The highest BCUT2D eigenvalue weighted by molar-refractivity contribution is 14.1. The van der Waals surface area contributed by atoms with Crippen molar-refractivity contribution < 1.29 is 18.0 Å². The molecule has 3 aliphatic rings. The van der Waals surface area contributed by atoms with Crippen molar-refractivity contribution in [3.8, 4) is 5.75 Å². The molecule has 3 heterocycles. The Morgan fingerprint density at radius 2 is 1.55 bits per heavy atom. The predicted molar refractivity (Wildman–Crippen MR) is 84.7 cm³/mol. The van der Waals surface area contributed by atoms with Gasteiger partial charge in [-0.05, 0) is 46.9 Å². The lowest BCUT2D eigenvalue weighted by Crippen LogP contribution is -2.58. The third-order valence-corrected chi connectivity index (χ3v) is 6.57. The molecule has 0 saturated carbocycles. The molecule has 0 radical (unpaired) electrons. The molecule has 0 aliphatic carbocycles. The van der Waals surface area contributed by atoms with Gasteiger partial charge in [0.15, 0.2) is 6.23 Å². The van der Waals surface area contributed by atoms with Crippen LogP contribution in [0, 0.1) is 3.57 Å². The summed E-state index contributed by atoms with van der Waals surface area (Å²) in [5, 5.41) is 0. The summed E-state index contributed by atoms with van der Waals surface area (Å²) in [4.78, 5) is 2.30. The van der Waals surface area contributed by atoms with Crippen LogP contribution in [0.2, 0.25) is 0 Å². The Bertz CT molecular complexity index is 418. The zero-order chi connectivity index (χ0) is 13.8. The molecule has 3 aliphatic heterocycles. The van der Waals surface area contributed by atoms with Gasteiger partial charge in [0, 0.05) is 23.2 Å². The summed E-state index contributed by atoms with van der Waals surface area (Å²) in [5.74, 6) is 0.828. The molecule has 5 nitrogen and oxygen atoms in total. The van der Waals surface area contributed by atoms with Gasteiger partial charge in [-0.1, -0.05) is 0 Å². The average molecular weight is 407 g/mol. The van der Waals surface area contributed by atoms with Crippen LogP contribution in [-0.2, 0) is 13.3 Å². The van der Waals surface area contributed by atoms with E-state index in [-0.39, 0.29) is 0 Å². The number of halogens is 1. The minimum atomic E-state index is -2.67. The minimum Gasteiger partial charge on any atom is -0.489 e. The van der Waals surface area contributed by atoms with E-state index in [1.54, 1.807) is 0 Å². The van der Waals surface area contributed by atoms with E-state index in [1.165, 1.54) is 3.57 Å². The molecule has 0 atom stereocenters. The quantitative estimate of drug-likeness (QED) is 0.562. The molecule has 0 N–H and O–H groups in total. The molecular formula is C13H18INO4Si. The number of hydrogen-bond acceptors (Lipinski definition) is 5. The van der Waals surface area contributed by atoms with Crippen LogP contribution >= 0.6 is 22.6 Å².